The van der Waals surface area contributed by atoms with Crippen molar-refractivity contribution < 1.29 is 30.4 Å². The molecule has 0 saturated heterocycles. The monoisotopic (exact) mass is 396 g/mol. The predicted molar refractivity (Wildman–Crippen MR) is 103 cm³/mol. The fourth-order valence-electron chi connectivity index (χ4n) is 2.54. The van der Waals surface area contributed by atoms with E-state index < -0.39 is 42.3 Å². The average Bonchev–Trinajstić information content (AvgIpc) is 2.69. The topological polar surface area (TPSA) is 140 Å². The van der Waals surface area contributed by atoms with Crippen LogP contribution >= 0.6 is 0 Å². The number of methoxy groups -OCH3 is 2. The van der Waals surface area contributed by atoms with E-state index in [2.05, 4.69) is 10.6 Å². The molecule has 0 heterocycles. The number of amides is 2. The maximum Gasteiger partial charge on any atom is 0.305 e. The lowest BCUT2D eigenvalue weighted by Crippen LogP contribution is -2.54. The third-order valence-electron chi connectivity index (χ3n) is 4.11. The van der Waals surface area contributed by atoms with Crippen LogP contribution < -0.4 is 21.1 Å². The number of ether oxygens (including phenoxy) is 2. The molecule has 0 aliphatic rings. The second kappa shape index (κ2) is 11.3. The molecule has 5 N–H and O–H groups in total. The normalized spacial score (nSPS) is 14.5. The molecule has 1 aromatic rings. The molecule has 0 fully saturated rings. The van der Waals surface area contributed by atoms with Crippen molar-refractivity contribution in [3.05, 3.63) is 29.8 Å². The number of rotatable bonds is 12. The van der Waals surface area contributed by atoms with E-state index in [4.69, 9.17) is 16.0 Å². The van der Waals surface area contributed by atoms with E-state index in [-0.39, 0.29) is 12.5 Å². The van der Waals surface area contributed by atoms with Gasteiger partial charge >= 0.3 is 5.97 Å². The Morgan fingerprint density at radius 2 is 1.79 bits per heavy atom. The molecule has 0 saturated carbocycles. The zero-order valence-corrected chi connectivity index (χ0v) is 16.5. The lowest BCUT2D eigenvalue weighted by Gasteiger charge is -2.26. The van der Waals surface area contributed by atoms with Gasteiger partial charge in [0.1, 0.15) is 13.2 Å². The molecule has 2 amide bonds. The van der Waals surface area contributed by atoms with Crippen LogP contribution in [-0.2, 0) is 19.1 Å². The molecular formula is C19H29N3O6. The van der Waals surface area contributed by atoms with E-state index in [0.29, 0.717) is 5.75 Å². The summed E-state index contributed by atoms with van der Waals surface area (Å²) in [6, 6.07) is 4.50. The zero-order valence-electron chi connectivity index (χ0n) is 17.5. The van der Waals surface area contributed by atoms with E-state index in [9.17, 15) is 14.4 Å². The molecule has 0 aliphatic carbocycles. The summed E-state index contributed by atoms with van der Waals surface area (Å²) in [4.78, 5) is 36.0. The number of hydrogen-bond donors (Lipinski definition) is 4. The number of carbonyl (C=O) groups excluding carboxylic acids is 2. The molecule has 156 valence electrons. The van der Waals surface area contributed by atoms with Gasteiger partial charge in [-0.15, -0.1) is 0 Å². The van der Waals surface area contributed by atoms with E-state index in [1.807, 2.05) is 5.73 Å². The van der Waals surface area contributed by atoms with E-state index in [1.165, 1.54) is 7.11 Å². The minimum absolute atomic E-state index is 0.215. The van der Waals surface area contributed by atoms with Crippen molar-refractivity contribution in [1.29, 1.82) is 0 Å². The number of carboxylic acids is 1. The minimum atomic E-state index is -1.27. The van der Waals surface area contributed by atoms with Gasteiger partial charge in [0.15, 0.2) is 0 Å². The third-order valence-corrected chi connectivity index (χ3v) is 4.11. The Morgan fingerprint density at radius 3 is 2.25 bits per heavy atom. The number of nitrogens with one attached hydrogen (secondary N) is 2. The summed E-state index contributed by atoms with van der Waals surface area (Å²) in [5.74, 6) is -1.99. The van der Waals surface area contributed by atoms with Crippen molar-refractivity contribution in [1.82, 2.24) is 10.6 Å². The lowest BCUT2D eigenvalue weighted by molar-refractivity contribution is -0.139. The highest BCUT2D eigenvalue weighted by Gasteiger charge is 2.29. The lowest BCUT2D eigenvalue weighted by atomic mass is 10.0. The fraction of sp³-hybridized carbons (Fsp3) is 0.526. The fourth-order valence-corrected chi connectivity index (χ4v) is 2.54. The molecule has 3 atom stereocenters. The van der Waals surface area contributed by atoms with Gasteiger partial charge in [-0.3, -0.25) is 14.4 Å². The van der Waals surface area contributed by atoms with Crippen molar-refractivity contribution in [3.8, 4) is 5.75 Å². The molecule has 0 bridgehead atoms. The Labute approximate surface area is 166 Å². The van der Waals surface area contributed by atoms with Gasteiger partial charge in [0.2, 0.25) is 11.8 Å². The van der Waals surface area contributed by atoms with E-state index in [1.54, 1.807) is 45.2 Å². The first-order valence-electron chi connectivity index (χ1n) is 9.36. The zero-order chi connectivity index (χ0) is 22.0. The number of benzene rings is 1. The van der Waals surface area contributed by atoms with Gasteiger partial charge in [0.05, 0.1) is 32.2 Å². The van der Waals surface area contributed by atoms with Crippen molar-refractivity contribution in [2.24, 2.45) is 11.6 Å². The summed E-state index contributed by atoms with van der Waals surface area (Å²) in [5.41, 5.74) is 2.71. The number of aliphatic carboxylic acids is 1. The van der Waals surface area contributed by atoms with Crippen LogP contribution in [0.1, 0.15) is 31.9 Å². The first kappa shape index (κ1) is 21.6. The second-order valence-corrected chi connectivity index (χ2v) is 6.67. The Morgan fingerprint density at radius 1 is 1.14 bits per heavy atom. The highest BCUT2D eigenvalue weighted by molar-refractivity contribution is 5.91. The molecule has 0 aromatic heterocycles. The van der Waals surface area contributed by atoms with E-state index >= 15 is 0 Å². The van der Waals surface area contributed by atoms with Crippen molar-refractivity contribution in [2.75, 3.05) is 20.8 Å². The van der Waals surface area contributed by atoms with Crippen LogP contribution in [0.5, 0.6) is 5.75 Å². The van der Waals surface area contributed by atoms with Crippen LogP contribution in [0.3, 0.4) is 0 Å². The quantitative estimate of drug-likeness (QED) is 0.402. The van der Waals surface area contributed by atoms with Gasteiger partial charge < -0.3 is 30.9 Å². The summed E-state index contributed by atoms with van der Waals surface area (Å²) in [6.45, 7) is 3.72. The van der Waals surface area contributed by atoms with E-state index in [0.717, 1.165) is 5.56 Å². The number of nitrogens with two attached hydrogens (primary N) is 1. The Balaban J connectivity index is 2.92. The van der Waals surface area contributed by atoms with Crippen LogP contribution in [0.4, 0.5) is 0 Å². The maximum absolute atomic E-state index is 12.8. The molecule has 0 unspecified atom stereocenters. The van der Waals surface area contributed by atoms with Crippen molar-refractivity contribution >= 4 is 17.8 Å². The first-order chi connectivity index (χ1) is 13.7. The number of carbonyl (C=O) groups is 3. The van der Waals surface area contributed by atoms with Gasteiger partial charge in [-0.1, -0.05) is 26.0 Å². The molecule has 0 spiro atoms. The maximum atomic E-state index is 12.8. The summed E-state index contributed by atoms with van der Waals surface area (Å²) in [7, 11) is 3.07. The second-order valence-electron chi connectivity index (χ2n) is 6.67. The van der Waals surface area contributed by atoms with Gasteiger partial charge in [0.25, 0.3) is 0 Å². The summed E-state index contributed by atoms with van der Waals surface area (Å²) >= 11 is 0. The molecule has 9 nitrogen and oxygen atoms in total. The van der Waals surface area contributed by atoms with Crippen molar-refractivity contribution in [2.45, 2.75) is 38.4 Å². The molecule has 28 heavy (non-hydrogen) atoms. The Bertz CT molecular complexity index is 683. The van der Waals surface area contributed by atoms with Crippen LogP contribution in [0.25, 0.3) is 0 Å². The summed E-state index contributed by atoms with van der Waals surface area (Å²) in [6.07, 6.45) is -0.570. The summed E-state index contributed by atoms with van der Waals surface area (Å²) in [5, 5.41) is 14.2. The first-order valence-corrected chi connectivity index (χ1v) is 8.86. The molecular weight excluding hydrogens is 366 g/mol. The van der Waals surface area contributed by atoms with Crippen molar-refractivity contribution in [3.63, 3.8) is 0 Å². The summed E-state index contributed by atoms with van der Waals surface area (Å²) < 4.78 is 17.5. The minimum Gasteiger partial charge on any atom is -0.497 e. The van der Waals surface area contributed by atoms with Gasteiger partial charge in [-0.05, 0) is 23.6 Å². The smallest absolute Gasteiger partial charge is 0.305 e. The predicted octanol–water partition coefficient (Wildman–Crippen LogP) is 0.442. The molecule has 0 aliphatic heterocycles. The van der Waals surface area contributed by atoms with Crippen LogP contribution in [0, 0.1) is 5.92 Å². The Kier molecular flexibility index (Phi) is 8.70. The molecule has 9 heteroatoms. The highest BCUT2D eigenvalue weighted by atomic mass is 16.5. The number of hydrogen-bond acceptors (Lipinski definition) is 6. The molecule has 1 rings (SSSR count). The largest absolute Gasteiger partial charge is 0.497 e. The Hall–Kier alpha value is -2.65. The molecule has 0 radical (unpaired) electrons. The number of carboxylic acid groups (broad SMARTS) is 1. The van der Waals surface area contributed by atoms with Crippen LogP contribution in [0.15, 0.2) is 24.3 Å². The van der Waals surface area contributed by atoms with Crippen LogP contribution in [-0.4, -0.2) is 55.8 Å². The standard InChI is InChI=1S/C19H29N3O6/c1-11(2)17(22-18(25)14(20)9-16(23)24)19(26)21-15(10-27-3)12-5-7-13(28-4)8-6-12/h5-8,11,14-15,17H,9-10,20H2,1-4H3,(H,21,26)(H,22,25)(H,23,24)/t14-,15-,17-/m0/s1/i/hD. The van der Waals surface area contributed by atoms with Crippen LogP contribution in [0.2, 0.25) is 1.41 Å². The highest BCUT2D eigenvalue weighted by Crippen LogP contribution is 2.18. The third kappa shape index (κ3) is 7.16. The average molecular weight is 396 g/mol. The van der Waals surface area contributed by atoms with Gasteiger partial charge in [0, 0.05) is 7.11 Å². The van der Waals surface area contributed by atoms with Gasteiger partial charge in [-0.25, -0.2) is 0 Å². The van der Waals surface area contributed by atoms with Gasteiger partial charge in [-0.2, -0.15) is 0 Å². The SMILES string of the molecule is [2H]N[C@@H](CC(=O)O)C(=O)N[C@H](C(=O)N[C@@H](COC)c1ccc(OC)cc1)C(C)C. The molecule has 1 aromatic carbocycles.